The molecule has 3 fully saturated rings. The second-order valence-electron chi connectivity index (χ2n) is 9.34. The predicted octanol–water partition coefficient (Wildman–Crippen LogP) is 3.36. The van der Waals surface area contributed by atoms with E-state index in [9.17, 15) is 4.79 Å². The van der Waals surface area contributed by atoms with Crippen molar-refractivity contribution in [2.45, 2.75) is 63.8 Å². The van der Waals surface area contributed by atoms with Crippen LogP contribution in [0.3, 0.4) is 0 Å². The molecule has 3 aliphatic rings. The van der Waals surface area contributed by atoms with Crippen LogP contribution < -0.4 is 10.6 Å². The summed E-state index contributed by atoms with van der Waals surface area (Å²) in [6, 6.07) is 11.1. The topological polar surface area (TPSA) is 56.7 Å². The molecule has 5 nitrogen and oxygen atoms in total. The van der Waals surface area contributed by atoms with Gasteiger partial charge in [0.25, 0.3) is 0 Å². The van der Waals surface area contributed by atoms with Crippen molar-refractivity contribution < 1.29 is 4.79 Å². The molecule has 4 rings (SSSR count). The van der Waals surface area contributed by atoms with Crippen LogP contribution in [-0.2, 0) is 11.2 Å². The van der Waals surface area contributed by atoms with Crippen molar-refractivity contribution >= 4 is 11.9 Å². The van der Waals surface area contributed by atoms with Gasteiger partial charge in [-0.25, -0.2) is 0 Å². The smallest absolute Gasteiger partial charge is 0.225 e. The lowest BCUT2D eigenvalue weighted by molar-refractivity contribution is -0.135. The minimum absolute atomic E-state index is 0.271. The maximum atomic E-state index is 12.8. The summed E-state index contributed by atoms with van der Waals surface area (Å²) in [5.41, 5.74) is 1.79. The summed E-state index contributed by atoms with van der Waals surface area (Å²) >= 11 is 0. The van der Waals surface area contributed by atoms with Crippen LogP contribution >= 0.6 is 0 Å². The first-order chi connectivity index (χ1) is 14.2. The Hall–Kier alpha value is -2.04. The zero-order valence-electron chi connectivity index (χ0n) is 17.8. The van der Waals surface area contributed by atoms with Gasteiger partial charge in [0, 0.05) is 38.6 Å². The first-order valence-corrected chi connectivity index (χ1v) is 11.5. The number of benzene rings is 1. The van der Waals surface area contributed by atoms with Gasteiger partial charge in [-0.05, 0) is 49.5 Å². The van der Waals surface area contributed by atoms with Crippen LogP contribution in [0.4, 0.5) is 0 Å². The number of hydrogen-bond acceptors (Lipinski definition) is 2. The van der Waals surface area contributed by atoms with Crippen molar-refractivity contribution in [2.75, 3.05) is 26.7 Å². The summed E-state index contributed by atoms with van der Waals surface area (Å²) in [6.45, 7) is 2.64. The molecule has 5 heteroatoms. The van der Waals surface area contributed by atoms with E-state index in [4.69, 9.17) is 0 Å². The predicted molar refractivity (Wildman–Crippen MR) is 118 cm³/mol. The molecule has 1 heterocycles. The van der Waals surface area contributed by atoms with Gasteiger partial charge in [-0.2, -0.15) is 0 Å². The average Bonchev–Trinajstić information content (AvgIpc) is 3.37. The maximum Gasteiger partial charge on any atom is 0.225 e. The highest BCUT2D eigenvalue weighted by atomic mass is 16.2. The summed E-state index contributed by atoms with van der Waals surface area (Å²) < 4.78 is 0. The molecule has 1 aromatic rings. The van der Waals surface area contributed by atoms with E-state index in [2.05, 4.69) is 50.9 Å². The number of carbonyl (C=O) groups excluding carboxylic acids is 1. The Morgan fingerprint density at radius 3 is 2.59 bits per heavy atom. The van der Waals surface area contributed by atoms with E-state index in [-0.39, 0.29) is 5.92 Å². The SMILES string of the molecule is CN=C(NCC1(Cc2ccccc2)CC1)NC1CCN(C(=O)C2CCCCC2)C1. The molecular weight excluding hydrogens is 360 g/mol. The standard InChI is InChI=1S/C24H36N4O/c1-25-23(26-18-24(13-14-24)16-19-8-4-2-5-9-19)27-21-12-15-28(17-21)22(29)20-10-6-3-7-11-20/h2,4-5,8-9,20-21H,3,6-7,10-18H2,1H3,(H2,25,26,27). The van der Waals surface area contributed by atoms with Crippen molar-refractivity contribution in [1.82, 2.24) is 15.5 Å². The fourth-order valence-corrected chi connectivity index (χ4v) is 4.97. The Morgan fingerprint density at radius 2 is 1.90 bits per heavy atom. The van der Waals surface area contributed by atoms with Crippen molar-refractivity contribution in [3.63, 3.8) is 0 Å². The van der Waals surface area contributed by atoms with Gasteiger partial charge in [0.05, 0.1) is 0 Å². The Morgan fingerprint density at radius 1 is 1.14 bits per heavy atom. The van der Waals surface area contributed by atoms with Gasteiger partial charge >= 0.3 is 0 Å². The number of likely N-dealkylation sites (tertiary alicyclic amines) is 1. The zero-order chi connectivity index (χ0) is 20.1. The van der Waals surface area contributed by atoms with Gasteiger partial charge in [0.2, 0.25) is 5.91 Å². The summed E-state index contributed by atoms with van der Waals surface area (Å²) in [6.07, 6.45) is 10.6. The monoisotopic (exact) mass is 396 g/mol. The highest BCUT2D eigenvalue weighted by Gasteiger charge is 2.42. The van der Waals surface area contributed by atoms with Crippen LogP contribution in [0.1, 0.15) is 56.9 Å². The third kappa shape index (κ3) is 5.31. The van der Waals surface area contributed by atoms with E-state index in [1.807, 2.05) is 7.05 Å². The molecule has 158 valence electrons. The Bertz CT molecular complexity index is 707. The van der Waals surface area contributed by atoms with Crippen molar-refractivity contribution in [3.05, 3.63) is 35.9 Å². The number of amides is 1. The molecule has 1 saturated heterocycles. The summed E-state index contributed by atoms with van der Waals surface area (Å²) in [5.74, 6) is 1.53. The molecule has 2 N–H and O–H groups in total. The van der Waals surface area contributed by atoms with Crippen LogP contribution in [-0.4, -0.2) is 49.5 Å². The molecule has 29 heavy (non-hydrogen) atoms. The van der Waals surface area contributed by atoms with Crippen LogP contribution in [0.15, 0.2) is 35.3 Å². The highest BCUT2D eigenvalue weighted by molar-refractivity contribution is 5.81. The van der Waals surface area contributed by atoms with E-state index in [1.54, 1.807) is 0 Å². The van der Waals surface area contributed by atoms with Gasteiger partial charge in [-0.3, -0.25) is 9.79 Å². The molecule has 0 bridgehead atoms. The van der Waals surface area contributed by atoms with Gasteiger partial charge in [-0.15, -0.1) is 0 Å². The van der Waals surface area contributed by atoms with Crippen LogP contribution in [0.2, 0.25) is 0 Å². The molecule has 1 amide bonds. The molecule has 0 spiro atoms. The molecule has 1 aromatic carbocycles. The van der Waals surface area contributed by atoms with E-state index in [0.29, 0.717) is 17.4 Å². The zero-order valence-corrected chi connectivity index (χ0v) is 17.8. The largest absolute Gasteiger partial charge is 0.356 e. The fraction of sp³-hybridized carbons (Fsp3) is 0.667. The highest BCUT2D eigenvalue weighted by Crippen LogP contribution is 2.47. The number of guanidine groups is 1. The van der Waals surface area contributed by atoms with Gasteiger partial charge in [-0.1, -0.05) is 49.6 Å². The van der Waals surface area contributed by atoms with Crippen molar-refractivity contribution in [2.24, 2.45) is 16.3 Å². The molecule has 0 radical (unpaired) electrons. The van der Waals surface area contributed by atoms with E-state index >= 15 is 0 Å². The number of carbonyl (C=O) groups is 1. The average molecular weight is 397 g/mol. The molecular formula is C24H36N4O. The molecule has 2 saturated carbocycles. The normalized spacial score (nSPS) is 24.4. The number of hydrogen-bond donors (Lipinski definition) is 2. The van der Waals surface area contributed by atoms with Crippen molar-refractivity contribution in [1.29, 1.82) is 0 Å². The Kier molecular flexibility index (Phi) is 6.41. The van der Waals surface area contributed by atoms with Crippen LogP contribution in [0, 0.1) is 11.3 Å². The molecule has 1 aliphatic heterocycles. The quantitative estimate of drug-likeness (QED) is 0.573. The number of nitrogens with zero attached hydrogens (tertiary/aromatic N) is 2. The molecule has 1 atom stereocenters. The third-order valence-electron chi connectivity index (χ3n) is 7.03. The lowest BCUT2D eigenvalue weighted by Crippen LogP contribution is -2.47. The first-order valence-electron chi connectivity index (χ1n) is 11.5. The summed E-state index contributed by atoms with van der Waals surface area (Å²) in [7, 11) is 1.84. The van der Waals surface area contributed by atoms with Crippen LogP contribution in [0.25, 0.3) is 0 Å². The first kappa shape index (κ1) is 20.2. The van der Waals surface area contributed by atoms with Gasteiger partial charge < -0.3 is 15.5 Å². The summed E-state index contributed by atoms with van der Waals surface area (Å²) in [4.78, 5) is 19.3. The van der Waals surface area contributed by atoms with Gasteiger partial charge in [0.1, 0.15) is 0 Å². The lowest BCUT2D eigenvalue weighted by Gasteiger charge is -2.26. The Labute approximate surface area is 175 Å². The Balaban J connectivity index is 1.23. The third-order valence-corrected chi connectivity index (χ3v) is 7.03. The second kappa shape index (κ2) is 9.19. The number of nitrogens with one attached hydrogen (secondary N) is 2. The second-order valence-corrected chi connectivity index (χ2v) is 9.34. The molecule has 0 aromatic heterocycles. The van der Waals surface area contributed by atoms with E-state index < -0.39 is 0 Å². The lowest BCUT2D eigenvalue weighted by atomic mass is 9.88. The fourth-order valence-electron chi connectivity index (χ4n) is 4.97. The van der Waals surface area contributed by atoms with E-state index in [0.717, 1.165) is 51.3 Å². The molecule has 2 aliphatic carbocycles. The van der Waals surface area contributed by atoms with E-state index in [1.165, 1.54) is 37.7 Å². The minimum atomic E-state index is 0.271. The number of aliphatic imine (C=N–C) groups is 1. The van der Waals surface area contributed by atoms with Crippen LogP contribution in [0.5, 0.6) is 0 Å². The number of rotatable bonds is 6. The van der Waals surface area contributed by atoms with Crippen molar-refractivity contribution in [3.8, 4) is 0 Å². The maximum absolute atomic E-state index is 12.8. The summed E-state index contributed by atoms with van der Waals surface area (Å²) in [5, 5.41) is 7.12. The molecule has 1 unspecified atom stereocenters. The minimum Gasteiger partial charge on any atom is -0.356 e. The van der Waals surface area contributed by atoms with Gasteiger partial charge in [0.15, 0.2) is 5.96 Å².